The lowest BCUT2D eigenvalue weighted by Crippen LogP contribution is -2.46. The predicted octanol–water partition coefficient (Wildman–Crippen LogP) is 2.78. The van der Waals surface area contributed by atoms with Gasteiger partial charge in [0.25, 0.3) is 5.91 Å². The van der Waals surface area contributed by atoms with Crippen LogP contribution in [0.25, 0.3) is 10.4 Å². The predicted molar refractivity (Wildman–Crippen MR) is 98.1 cm³/mol. The van der Waals surface area contributed by atoms with Crippen molar-refractivity contribution in [2.45, 2.75) is 25.3 Å². The normalized spacial score (nSPS) is 25.8. The van der Waals surface area contributed by atoms with Gasteiger partial charge >= 0.3 is 0 Å². The molecule has 0 radical (unpaired) electrons. The number of carbonyl (C=O) groups excluding carboxylic acids is 1. The minimum Gasteiger partial charge on any atom is -0.365 e. The summed E-state index contributed by atoms with van der Waals surface area (Å²) in [5.41, 5.74) is 14.9. The summed E-state index contributed by atoms with van der Waals surface area (Å²) in [6.07, 6.45) is 2.47. The molecule has 1 amide bonds. The smallest absolute Gasteiger partial charge is 0.259 e. The van der Waals surface area contributed by atoms with Crippen LogP contribution >= 0.6 is 11.3 Å². The number of hydrogen-bond acceptors (Lipinski definition) is 4. The SMILES string of the molecule is NCc1cccc(-c2cc(C3CN4CCC3CC4)c(C(N)=O)s2)c1. The summed E-state index contributed by atoms with van der Waals surface area (Å²) in [6.45, 7) is 3.98. The molecule has 0 saturated carbocycles. The van der Waals surface area contributed by atoms with Gasteiger partial charge in [0.15, 0.2) is 0 Å². The fraction of sp³-hybridized carbons (Fsp3) is 0.421. The largest absolute Gasteiger partial charge is 0.365 e. The molecule has 1 unspecified atom stereocenters. The van der Waals surface area contributed by atoms with Gasteiger partial charge in [-0.25, -0.2) is 0 Å². The van der Waals surface area contributed by atoms with E-state index in [1.807, 2.05) is 12.1 Å². The van der Waals surface area contributed by atoms with Gasteiger partial charge in [-0.1, -0.05) is 18.2 Å². The zero-order chi connectivity index (χ0) is 16.7. The lowest BCUT2D eigenvalue weighted by Gasteiger charge is -2.45. The molecule has 1 atom stereocenters. The first-order valence-corrected chi connectivity index (χ1v) is 9.42. The lowest BCUT2D eigenvalue weighted by atomic mass is 9.75. The number of benzene rings is 1. The van der Waals surface area contributed by atoms with Crippen molar-refractivity contribution in [3.8, 4) is 10.4 Å². The Morgan fingerprint density at radius 3 is 2.67 bits per heavy atom. The quantitative estimate of drug-likeness (QED) is 0.898. The number of piperidine rings is 3. The first kappa shape index (κ1) is 15.8. The molecule has 2 aromatic rings. The first-order valence-electron chi connectivity index (χ1n) is 8.61. The fourth-order valence-corrected chi connectivity index (χ4v) is 5.26. The highest BCUT2D eigenvalue weighted by atomic mass is 32.1. The fourth-order valence-electron chi connectivity index (χ4n) is 4.18. The van der Waals surface area contributed by atoms with Crippen LogP contribution in [0.15, 0.2) is 30.3 Å². The van der Waals surface area contributed by atoms with Gasteiger partial charge < -0.3 is 16.4 Å². The van der Waals surface area contributed by atoms with Crippen LogP contribution in [0.2, 0.25) is 0 Å². The molecule has 4 N–H and O–H groups in total. The van der Waals surface area contributed by atoms with Gasteiger partial charge in [-0.2, -0.15) is 0 Å². The van der Waals surface area contributed by atoms with E-state index < -0.39 is 0 Å². The standard InChI is InChI=1S/C19H23N3OS/c20-10-12-2-1-3-14(8-12)17-9-15(18(24-17)19(21)23)16-11-22-6-4-13(16)5-7-22/h1-3,8-9,13,16H,4-7,10-11,20H2,(H2,21,23). The Hall–Kier alpha value is -1.69. The average Bonchev–Trinajstić information content (AvgIpc) is 3.08. The van der Waals surface area contributed by atoms with Gasteiger partial charge in [0.05, 0.1) is 4.88 Å². The zero-order valence-electron chi connectivity index (χ0n) is 13.7. The van der Waals surface area contributed by atoms with E-state index in [-0.39, 0.29) is 5.91 Å². The summed E-state index contributed by atoms with van der Waals surface area (Å²) in [5.74, 6) is 0.830. The summed E-state index contributed by atoms with van der Waals surface area (Å²) < 4.78 is 0. The van der Waals surface area contributed by atoms with Crippen molar-refractivity contribution in [3.63, 3.8) is 0 Å². The summed E-state index contributed by atoms with van der Waals surface area (Å²) in [4.78, 5) is 16.4. The van der Waals surface area contributed by atoms with Crippen molar-refractivity contribution in [2.24, 2.45) is 17.4 Å². The second-order valence-corrected chi connectivity index (χ2v) is 7.96. The van der Waals surface area contributed by atoms with Gasteiger partial charge in [0, 0.05) is 23.9 Å². The van der Waals surface area contributed by atoms with E-state index in [1.165, 1.54) is 37.3 Å². The number of rotatable bonds is 4. The molecular formula is C19H23N3OS. The van der Waals surface area contributed by atoms with E-state index in [4.69, 9.17) is 11.5 Å². The van der Waals surface area contributed by atoms with Crippen molar-refractivity contribution in [1.29, 1.82) is 0 Å². The molecule has 0 spiro atoms. The van der Waals surface area contributed by atoms with E-state index in [0.29, 0.717) is 18.4 Å². The van der Waals surface area contributed by atoms with Crippen LogP contribution in [-0.4, -0.2) is 30.4 Å². The zero-order valence-corrected chi connectivity index (χ0v) is 14.5. The van der Waals surface area contributed by atoms with E-state index in [2.05, 4.69) is 23.1 Å². The maximum atomic E-state index is 12.0. The van der Waals surface area contributed by atoms with Crippen LogP contribution in [0.1, 0.15) is 39.6 Å². The topological polar surface area (TPSA) is 72.3 Å². The number of primary amides is 1. The number of fused-ring (bicyclic) bond motifs is 3. The number of nitrogens with two attached hydrogens (primary N) is 2. The Morgan fingerprint density at radius 1 is 1.25 bits per heavy atom. The Kier molecular flexibility index (Phi) is 4.16. The van der Waals surface area contributed by atoms with Crippen molar-refractivity contribution in [2.75, 3.05) is 19.6 Å². The second-order valence-electron chi connectivity index (χ2n) is 6.91. The van der Waals surface area contributed by atoms with E-state index >= 15 is 0 Å². The molecule has 1 aromatic heterocycles. The molecule has 5 heteroatoms. The van der Waals surface area contributed by atoms with Gasteiger partial charge in [-0.3, -0.25) is 4.79 Å². The third-order valence-corrected chi connectivity index (χ3v) is 6.70. The van der Waals surface area contributed by atoms with Crippen molar-refractivity contribution in [1.82, 2.24) is 4.90 Å². The third-order valence-electron chi connectivity index (χ3n) is 5.49. The number of hydrogen-bond donors (Lipinski definition) is 2. The number of carbonyl (C=O) groups is 1. The lowest BCUT2D eigenvalue weighted by molar-refractivity contribution is 0.0859. The molecule has 5 rings (SSSR count). The van der Waals surface area contributed by atoms with E-state index in [1.54, 1.807) is 0 Å². The van der Waals surface area contributed by atoms with E-state index in [0.717, 1.165) is 33.0 Å². The Balaban J connectivity index is 1.74. The first-order chi connectivity index (χ1) is 11.7. The van der Waals surface area contributed by atoms with Gasteiger partial charge in [0.2, 0.25) is 0 Å². The van der Waals surface area contributed by atoms with Crippen LogP contribution in [0.5, 0.6) is 0 Å². The van der Waals surface area contributed by atoms with Gasteiger partial charge in [0.1, 0.15) is 0 Å². The molecule has 3 aliphatic heterocycles. The van der Waals surface area contributed by atoms with Crippen LogP contribution in [0, 0.1) is 5.92 Å². The molecule has 126 valence electrons. The van der Waals surface area contributed by atoms with Crippen molar-refractivity contribution < 1.29 is 4.79 Å². The Morgan fingerprint density at radius 2 is 2.04 bits per heavy atom. The molecule has 1 aromatic carbocycles. The van der Waals surface area contributed by atoms with E-state index in [9.17, 15) is 4.79 Å². The number of nitrogens with zero attached hydrogens (tertiary/aromatic N) is 1. The van der Waals surface area contributed by atoms with Crippen LogP contribution in [0.3, 0.4) is 0 Å². The minimum atomic E-state index is -0.298. The summed E-state index contributed by atoms with van der Waals surface area (Å²) in [6, 6.07) is 10.4. The Labute approximate surface area is 146 Å². The summed E-state index contributed by atoms with van der Waals surface area (Å²) >= 11 is 1.53. The highest BCUT2D eigenvalue weighted by Gasteiger charge is 2.37. The third kappa shape index (κ3) is 2.77. The average molecular weight is 341 g/mol. The number of amides is 1. The maximum Gasteiger partial charge on any atom is 0.259 e. The molecule has 3 saturated heterocycles. The summed E-state index contributed by atoms with van der Waals surface area (Å²) in [5, 5.41) is 0. The van der Waals surface area contributed by atoms with Gasteiger partial charge in [-0.05, 0) is 60.7 Å². The Bertz CT molecular complexity index is 762. The molecule has 0 aliphatic carbocycles. The molecule has 3 aliphatic rings. The van der Waals surface area contributed by atoms with Crippen LogP contribution in [-0.2, 0) is 6.54 Å². The molecule has 2 bridgehead atoms. The maximum absolute atomic E-state index is 12.0. The van der Waals surface area contributed by atoms with Crippen molar-refractivity contribution >= 4 is 17.2 Å². The highest BCUT2D eigenvalue weighted by Crippen LogP contribution is 2.44. The van der Waals surface area contributed by atoms with Crippen molar-refractivity contribution in [3.05, 3.63) is 46.3 Å². The van der Waals surface area contributed by atoms with Crippen LogP contribution in [0.4, 0.5) is 0 Å². The second kappa shape index (κ2) is 6.31. The molecule has 4 heterocycles. The molecule has 4 nitrogen and oxygen atoms in total. The highest BCUT2D eigenvalue weighted by molar-refractivity contribution is 7.17. The monoisotopic (exact) mass is 341 g/mol. The number of thiophene rings is 1. The van der Waals surface area contributed by atoms with Crippen LogP contribution < -0.4 is 11.5 Å². The molecular weight excluding hydrogens is 318 g/mol. The molecule has 3 fully saturated rings. The van der Waals surface area contributed by atoms with Gasteiger partial charge in [-0.15, -0.1) is 11.3 Å². The minimum absolute atomic E-state index is 0.298. The summed E-state index contributed by atoms with van der Waals surface area (Å²) in [7, 11) is 0. The molecule has 24 heavy (non-hydrogen) atoms.